The summed E-state index contributed by atoms with van der Waals surface area (Å²) in [6, 6.07) is 7.94. The minimum absolute atomic E-state index is 0.0485. The first kappa shape index (κ1) is 16.0. The van der Waals surface area contributed by atoms with Crippen molar-refractivity contribution in [3.63, 3.8) is 0 Å². The minimum Gasteiger partial charge on any atom is -0.397 e. The van der Waals surface area contributed by atoms with E-state index in [2.05, 4.69) is 15.3 Å². The highest BCUT2D eigenvalue weighted by molar-refractivity contribution is 7.21. The van der Waals surface area contributed by atoms with Gasteiger partial charge in [-0.05, 0) is 24.5 Å². The number of nitrogens with two attached hydrogens (primary N) is 1. The molecule has 2 aromatic heterocycles. The molecule has 1 aliphatic rings. The molecule has 0 atom stereocenters. The Hall–Kier alpha value is -2.51. The Morgan fingerprint density at radius 1 is 1.40 bits per heavy atom. The summed E-state index contributed by atoms with van der Waals surface area (Å²) in [6.07, 6.45) is 2.23. The summed E-state index contributed by atoms with van der Waals surface area (Å²) in [4.78, 5) is 22.3. The maximum Gasteiger partial charge on any atom is 0.224 e. The molecule has 0 unspecified atom stereocenters. The molecule has 0 spiro atoms. The van der Waals surface area contributed by atoms with E-state index >= 15 is 0 Å². The predicted octanol–water partition coefficient (Wildman–Crippen LogP) is 3.21. The molecule has 1 aromatic carbocycles. The molecule has 7 heteroatoms. The van der Waals surface area contributed by atoms with Gasteiger partial charge >= 0.3 is 0 Å². The normalized spacial score (nSPS) is 14.0. The van der Waals surface area contributed by atoms with Gasteiger partial charge in [-0.25, -0.2) is 9.97 Å². The standard InChI is InChI=1S/C18H18N4O2S/c1-9(24)16-14(19)13-15(11-4-2-3-10(7-11)8-23)21-18(20-12-5-6-12)22-17(13)25-16/h2-4,7,12,23H,5-6,8,19H2,1H3,(H,20,21,22). The number of Topliss-reactive ketones (excluding diaryl/α,β-unsaturated/α-hetero) is 1. The van der Waals surface area contributed by atoms with Crippen molar-refractivity contribution in [1.82, 2.24) is 9.97 Å². The van der Waals surface area contributed by atoms with Crippen molar-refractivity contribution in [2.75, 3.05) is 11.1 Å². The summed E-state index contributed by atoms with van der Waals surface area (Å²) in [5, 5.41) is 13.4. The Labute approximate surface area is 148 Å². The predicted molar refractivity (Wildman–Crippen MR) is 99.8 cm³/mol. The van der Waals surface area contributed by atoms with E-state index in [9.17, 15) is 9.90 Å². The molecular formula is C18H18N4O2S. The van der Waals surface area contributed by atoms with Crippen LogP contribution in [0.2, 0.25) is 0 Å². The zero-order chi connectivity index (χ0) is 17.6. The number of benzene rings is 1. The lowest BCUT2D eigenvalue weighted by Gasteiger charge is -2.09. The first-order valence-electron chi connectivity index (χ1n) is 8.14. The maximum atomic E-state index is 11.9. The van der Waals surface area contributed by atoms with Crippen molar-refractivity contribution in [3.05, 3.63) is 34.7 Å². The Kier molecular flexibility index (Phi) is 3.89. The molecule has 1 fully saturated rings. The molecule has 0 bridgehead atoms. The van der Waals surface area contributed by atoms with E-state index in [-0.39, 0.29) is 12.4 Å². The molecule has 4 rings (SSSR count). The summed E-state index contributed by atoms with van der Waals surface area (Å²) < 4.78 is 0. The van der Waals surface area contributed by atoms with Crippen LogP contribution in [0.4, 0.5) is 11.6 Å². The van der Waals surface area contributed by atoms with Crippen molar-refractivity contribution in [2.24, 2.45) is 0 Å². The number of thiophene rings is 1. The highest BCUT2D eigenvalue weighted by atomic mass is 32.1. The molecule has 0 amide bonds. The van der Waals surface area contributed by atoms with Crippen molar-refractivity contribution in [2.45, 2.75) is 32.4 Å². The molecule has 0 radical (unpaired) electrons. The zero-order valence-electron chi connectivity index (χ0n) is 13.7. The average molecular weight is 354 g/mol. The van der Waals surface area contributed by atoms with Gasteiger partial charge < -0.3 is 16.2 Å². The van der Waals surface area contributed by atoms with Crippen LogP contribution >= 0.6 is 11.3 Å². The van der Waals surface area contributed by atoms with Gasteiger partial charge in [0, 0.05) is 18.5 Å². The third-order valence-electron chi connectivity index (χ3n) is 4.20. The number of hydrogen-bond acceptors (Lipinski definition) is 7. The van der Waals surface area contributed by atoms with Crippen molar-refractivity contribution in [1.29, 1.82) is 0 Å². The van der Waals surface area contributed by atoms with Crippen LogP contribution in [0.25, 0.3) is 21.5 Å². The molecule has 2 heterocycles. The molecule has 25 heavy (non-hydrogen) atoms. The zero-order valence-corrected chi connectivity index (χ0v) is 14.6. The number of ketones is 1. The molecule has 3 aromatic rings. The van der Waals surface area contributed by atoms with Crippen LogP contribution in [0.5, 0.6) is 0 Å². The summed E-state index contributed by atoms with van der Waals surface area (Å²) in [5.41, 5.74) is 9.00. The monoisotopic (exact) mass is 354 g/mol. The highest BCUT2D eigenvalue weighted by Crippen LogP contribution is 2.39. The molecular weight excluding hydrogens is 336 g/mol. The number of nitrogens with zero attached hydrogens (tertiary/aromatic N) is 2. The van der Waals surface area contributed by atoms with Crippen LogP contribution in [0.15, 0.2) is 24.3 Å². The fourth-order valence-corrected chi connectivity index (χ4v) is 3.77. The Balaban J connectivity index is 1.96. The lowest BCUT2D eigenvalue weighted by Crippen LogP contribution is -2.06. The minimum atomic E-state index is -0.0766. The van der Waals surface area contributed by atoms with Gasteiger partial charge in [0.1, 0.15) is 4.83 Å². The van der Waals surface area contributed by atoms with E-state index in [1.165, 1.54) is 18.3 Å². The van der Waals surface area contributed by atoms with Crippen LogP contribution < -0.4 is 11.1 Å². The summed E-state index contributed by atoms with van der Waals surface area (Å²) >= 11 is 1.30. The first-order chi connectivity index (χ1) is 12.1. The second-order valence-electron chi connectivity index (χ2n) is 6.25. The SMILES string of the molecule is CC(=O)c1sc2nc(NC3CC3)nc(-c3cccc(CO)c3)c2c1N. The largest absolute Gasteiger partial charge is 0.397 e. The molecule has 4 N–H and O–H groups in total. The molecule has 0 saturated heterocycles. The fraction of sp³-hybridized carbons (Fsp3) is 0.278. The van der Waals surface area contributed by atoms with E-state index < -0.39 is 0 Å². The van der Waals surface area contributed by atoms with E-state index in [4.69, 9.17) is 5.73 Å². The van der Waals surface area contributed by atoms with Crippen LogP contribution in [0.1, 0.15) is 35.0 Å². The quantitative estimate of drug-likeness (QED) is 0.608. The van der Waals surface area contributed by atoms with Gasteiger partial charge in [0.25, 0.3) is 0 Å². The third-order valence-corrected chi connectivity index (χ3v) is 5.40. The number of rotatable bonds is 5. The highest BCUT2D eigenvalue weighted by Gasteiger charge is 2.25. The number of aromatic nitrogens is 2. The average Bonchev–Trinajstić information content (AvgIpc) is 3.36. The third kappa shape index (κ3) is 2.96. The van der Waals surface area contributed by atoms with Crippen LogP contribution in [-0.2, 0) is 6.61 Å². The van der Waals surface area contributed by atoms with Gasteiger partial charge in [0.15, 0.2) is 5.78 Å². The maximum absolute atomic E-state index is 11.9. The van der Waals surface area contributed by atoms with Gasteiger partial charge in [-0.2, -0.15) is 0 Å². The molecule has 0 aliphatic heterocycles. The first-order valence-corrected chi connectivity index (χ1v) is 8.96. The van der Waals surface area contributed by atoms with Gasteiger partial charge in [0.05, 0.1) is 28.3 Å². The van der Waals surface area contributed by atoms with Gasteiger partial charge in [-0.3, -0.25) is 4.79 Å². The van der Waals surface area contributed by atoms with Crippen molar-refractivity contribution in [3.8, 4) is 11.3 Å². The van der Waals surface area contributed by atoms with Crippen LogP contribution in [0, 0.1) is 0 Å². The number of hydrogen-bond donors (Lipinski definition) is 3. The molecule has 1 saturated carbocycles. The van der Waals surface area contributed by atoms with E-state index in [1.54, 1.807) is 0 Å². The van der Waals surface area contributed by atoms with Gasteiger partial charge in [0.2, 0.25) is 5.95 Å². The van der Waals surface area contributed by atoms with Gasteiger partial charge in [-0.1, -0.05) is 18.2 Å². The van der Waals surface area contributed by atoms with E-state index in [0.717, 1.165) is 24.0 Å². The number of aliphatic hydroxyl groups excluding tert-OH is 1. The number of carbonyl (C=O) groups excluding carboxylic acids is 1. The van der Waals surface area contributed by atoms with Crippen molar-refractivity contribution >= 4 is 39.0 Å². The topological polar surface area (TPSA) is 101 Å². The molecule has 6 nitrogen and oxygen atoms in total. The summed E-state index contributed by atoms with van der Waals surface area (Å²) in [7, 11) is 0. The second-order valence-corrected chi connectivity index (χ2v) is 7.25. The summed E-state index contributed by atoms with van der Waals surface area (Å²) in [5.74, 6) is 0.475. The fourth-order valence-electron chi connectivity index (χ4n) is 2.78. The molecule has 128 valence electrons. The lowest BCUT2D eigenvalue weighted by atomic mass is 10.0. The molecule has 1 aliphatic carbocycles. The Morgan fingerprint density at radius 3 is 2.88 bits per heavy atom. The smallest absolute Gasteiger partial charge is 0.224 e. The van der Waals surface area contributed by atoms with Crippen LogP contribution in [-0.4, -0.2) is 26.9 Å². The number of fused-ring (bicyclic) bond motifs is 1. The lowest BCUT2D eigenvalue weighted by molar-refractivity contribution is 0.102. The number of nitrogens with one attached hydrogen (secondary N) is 1. The summed E-state index contributed by atoms with van der Waals surface area (Å²) in [6.45, 7) is 1.46. The van der Waals surface area contributed by atoms with Crippen molar-refractivity contribution < 1.29 is 9.90 Å². The van der Waals surface area contributed by atoms with E-state index in [1.807, 2.05) is 24.3 Å². The second kappa shape index (κ2) is 6.09. The van der Waals surface area contributed by atoms with Gasteiger partial charge in [-0.15, -0.1) is 11.3 Å². The number of nitrogen functional groups attached to an aromatic ring is 1. The Morgan fingerprint density at radius 2 is 2.20 bits per heavy atom. The Bertz CT molecular complexity index is 979. The number of carbonyl (C=O) groups is 1. The van der Waals surface area contributed by atoms with Crippen LogP contribution in [0.3, 0.4) is 0 Å². The number of aliphatic hydroxyl groups is 1. The van der Waals surface area contributed by atoms with E-state index in [0.29, 0.717) is 38.5 Å². The number of anilines is 2.